The minimum absolute atomic E-state index is 0. The SMILES string of the molecule is Cl.N=C(N)c1ccc2cc(OC(=O)c3ccc(CNC(=O)CCC(=O)O)o3)ccc2c1.[AlH3]. The molecule has 1 heterocycles. The number of fused-ring (bicyclic) bond motifs is 1. The molecule has 0 saturated carbocycles. The second-order valence-electron chi connectivity index (χ2n) is 6.46. The van der Waals surface area contributed by atoms with Crippen molar-refractivity contribution in [1.82, 2.24) is 5.32 Å². The zero-order valence-electron chi connectivity index (χ0n) is 16.2. The molecule has 3 aromatic rings. The second kappa shape index (κ2) is 11.9. The van der Waals surface area contributed by atoms with Gasteiger partial charge in [0.05, 0.1) is 13.0 Å². The van der Waals surface area contributed by atoms with Gasteiger partial charge < -0.3 is 25.3 Å². The highest BCUT2D eigenvalue weighted by atomic mass is 35.5. The summed E-state index contributed by atoms with van der Waals surface area (Å²) in [5, 5.41) is 20.2. The Kier molecular flexibility index (Phi) is 9.94. The summed E-state index contributed by atoms with van der Waals surface area (Å²) in [5.41, 5.74) is 6.09. The average Bonchev–Trinajstić information content (AvgIpc) is 3.19. The summed E-state index contributed by atoms with van der Waals surface area (Å²) >= 11 is 0. The van der Waals surface area contributed by atoms with E-state index in [2.05, 4.69) is 5.32 Å². The van der Waals surface area contributed by atoms with Crippen molar-refractivity contribution in [3.05, 3.63) is 65.6 Å². The predicted octanol–water partition coefficient (Wildman–Crippen LogP) is 1.65. The highest BCUT2D eigenvalue weighted by Gasteiger charge is 2.15. The molecule has 0 aliphatic carbocycles. The maximum atomic E-state index is 12.3. The minimum Gasteiger partial charge on any atom is -0.481 e. The summed E-state index contributed by atoms with van der Waals surface area (Å²) in [6.07, 6.45) is -0.399. The third kappa shape index (κ3) is 7.13. The summed E-state index contributed by atoms with van der Waals surface area (Å²) < 4.78 is 10.7. The minimum atomic E-state index is -1.05. The van der Waals surface area contributed by atoms with Crippen LogP contribution in [0, 0.1) is 5.41 Å². The fourth-order valence-corrected chi connectivity index (χ4v) is 2.69. The van der Waals surface area contributed by atoms with Gasteiger partial charge in [-0.05, 0) is 41.1 Å². The third-order valence-corrected chi connectivity index (χ3v) is 4.22. The Bertz CT molecular complexity index is 1150. The lowest BCUT2D eigenvalue weighted by Gasteiger charge is -2.06. The molecule has 0 aliphatic heterocycles. The highest BCUT2D eigenvalue weighted by molar-refractivity contribution is 5.99. The molecule has 5 N–H and O–H groups in total. The van der Waals surface area contributed by atoms with Crippen LogP contribution in [0.4, 0.5) is 0 Å². The number of esters is 1. The number of carboxylic acids is 1. The Morgan fingerprint density at radius 2 is 1.72 bits per heavy atom. The lowest BCUT2D eigenvalue weighted by atomic mass is 10.1. The molecule has 1 aromatic heterocycles. The van der Waals surface area contributed by atoms with Gasteiger partial charge in [0.15, 0.2) is 17.4 Å². The largest absolute Gasteiger partial charge is 0.481 e. The van der Waals surface area contributed by atoms with Gasteiger partial charge in [0.2, 0.25) is 11.7 Å². The molecule has 32 heavy (non-hydrogen) atoms. The van der Waals surface area contributed by atoms with Crippen LogP contribution in [-0.4, -0.2) is 46.1 Å². The number of carbonyl (C=O) groups is 3. The molecule has 11 heteroatoms. The number of carbonyl (C=O) groups excluding carboxylic acids is 2. The van der Waals surface area contributed by atoms with Crippen LogP contribution in [0.15, 0.2) is 52.9 Å². The van der Waals surface area contributed by atoms with E-state index in [1.807, 2.05) is 0 Å². The Balaban J connectivity index is 0.00000256. The number of ether oxygens (including phenoxy) is 1. The summed E-state index contributed by atoms with van der Waals surface area (Å²) in [6.45, 7) is 0.0280. The van der Waals surface area contributed by atoms with E-state index in [1.165, 1.54) is 12.1 Å². The number of furan rings is 1. The summed E-state index contributed by atoms with van der Waals surface area (Å²) in [6, 6.07) is 13.3. The number of nitrogens with one attached hydrogen (secondary N) is 2. The van der Waals surface area contributed by atoms with Crippen LogP contribution in [0.2, 0.25) is 0 Å². The Morgan fingerprint density at radius 1 is 1.03 bits per heavy atom. The molecule has 9 nitrogen and oxygen atoms in total. The quantitative estimate of drug-likeness (QED) is 0.127. The van der Waals surface area contributed by atoms with E-state index >= 15 is 0 Å². The van der Waals surface area contributed by atoms with Crippen LogP contribution in [0.25, 0.3) is 10.8 Å². The molecule has 0 fully saturated rings. The monoisotopic (exact) mass is 475 g/mol. The van der Waals surface area contributed by atoms with Crippen molar-refractivity contribution < 1.29 is 28.6 Å². The normalized spacial score (nSPS) is 9.88. The number of benzene rings is 2. The van der Waals surface area contributed by atoms with Crippen LogP contribution >= 0.6 is 12.4 Å². The first kappa shape index (κ1) is 26.7. The van der Waals surface area contributed by atoms with Crippen molar-refractivity contribution in [3.63, 3.8) is 0 Å². The van der Waals surface area contributed by atoms with Crippen molar-refractivity contribution in [3.8, 4) is 5.75 Å². The number of nitrogens with two attached hydrogens (primary N) is 1. The number of halogens is 1. The highest BCUT2D eigenvalue weighted by Crippen LogP contribution is 2.23. The maximum absolute atomic E-state index is 12.3. The second-order valence-corrected chi connectivity index (χ2v) is 6.46. The lowest BCUT2D eigenvalue weighted by Crippen LogP contribution is -2.23. The molecule has 1 amide bonds. The van der Waals surface area contributed by atoms with E-state index < -0.39 is 17.8 Å². The van der Waals surface area contributed by atoms with Gasteiger partial charge in [-0.3, -0.25) is 15.0 Å². The number of aliphatic carboxylic acids is 1. The third-order valence-electron chi connectivity index (χ3n) is 4.22. The first-order valence-electron chi connectivity index (χ1n) is 8.99. The number of amidine groups is 1. The molecule has 0 saturated heterocycles. The van der Waals surface area contributed by atoms with Gasteiger partial charge >= 0.3 is 11.9 Å². The average molecular weight is 476 g/mol. The Labute approximate surface area is 200 Å². The van der Waals surface area contributed by atoms with Gasteiger partial charge in [0, 0.05) is 12.0 Å². The number of rotatable bonds is 8. The molecule has 0 spiro atoms. The van der Waals surface area contributed by atoms with E-state index in [0.717, 1.165) is 10.8 Å². The van der Waals surface area contributed by atoms with Gasteiger partial charge in [0.25, 0.3) is 0 Å². The number of hydrogen-bond acceptors (Lipinski definition) is 6. The molecule has 3 rings (SSSR count). The first-order valence-corrected chi connectivity index (χ1v) is 8.99. The zero-order valence-corrected chi connectivity index (χ0v) is 17.0. The van der Waals surface area contributed by atoms with Crippen molar-refractivity contribution in [2.24, 2.45) is 5.73 Å². The van der Waals surface area contributed by atoms with Crippen LogP contribution < -0.4 is 15.8 Å². The smallest absolute Gasteiger partial charge is 0.379 e. The molecule has 168 valence electrons. The lowest BCUT2D eigenvalue weighted by molar-refractivity contribution is -0.138. The number of nitrogen functional groups attached to an aromatic ring is 1. The number of carboxylic acid groups (broad SMARTS) is 1. The molecule has 0 atom stereocenters. The van der Waals surface area contributed by atoms with E-state index in [1.54, 1.807) is 36.4 Å². The molecule has 0 radical (unpaired) electrons. The molecule has 0 aliphatic rings. The van der Waals surface area contributed by atoms with E-state index in [0.29, 0.717) is 17.1 Å². The van der Waals surface area contributed by atoms with Gasteiger partial charge in [-0.1, -0.05) is 18.2 Å². The first-order chi connectivity index (χ1) is 14.3. The standard InChI is InChI=1S/C21H19N3O6.Al.ClH.3H/c22-20(23)14-2-1-13-10-15(4-3-12(13)9-14)30-21(28)17-6-5-16(29-17)11-24-18(25)7-8-19(26)27;;;;;/h1-6,9-10H,7-8,11H2,(H3,22,23)(H,24,25)(H,26,27);;1H;;;. The molecule has 0 bridgehead atoms. The summed E-state index contributed by atoms with van der Waals surface area (Å²) in [7, 11) is 0. The summed E-state index contributed by atoms with van der Waals surface area (Å²) in [4.78, 5) is 34.3. The van der Waals surface area contributed by atoms with Crippen molar-refractivity contribution in [2.75, 3.05) is 0 Å². The fraction of sp³-hybridized carbons (Fsp3) is 0.143. The fourth-order valence-electron chi connectivity index (χ4n) is 2.69. The van der Waals surface area contributed by atoms with Gasteiger partial charge in [-0.25, -0.2) is 4.79 Å². The van der Waals surface area contributed by atoms with Gasteiger partial charge in [-0.2, -0.15) is 0 Å². The zero-order chi connectivity index (χ0) is 21.7. The van der Waals surface area contributed by atoms with Crippen molar-refractivity contribution >= 4 is 64.2 Å². The Morgan fingerprint density at radius 3 is 2.41 bits per heavy atom. The molecule has 0 unspecified atom stereocenters. The number of hydrogen-bond donors (Lipinski definition) is 4. The van der Waals surface area contributed by atoms with Crippen LogP contribution in [0.1, 0.15) is 34.7 Å². The number of amides is 1. The van der Waals surface area contributed by atoms with Gasteiger partial charge in [-0.15, -0.1) is 12.4 Å². The molecule has 2 aromatic carbocycles. The molecular formula is C21H23AlClN3O6. The Hall–Kier alpha value is -3.32. The molecular weight excluding hydrogens is 453 g/mol. The topological polar surface area (TPSA) is 156 Å². The maximum Gasteiger partial charge on any atom is 0.379 e. The van der Waals surface area contributed by atoms with E-state index in [9.17, 15) is 14.4 Å². The van der Waals surface area contributed by atoms with Gasteiger partial charge in [0.1, 0.15) is 17.3 Å². The van der Waals surface area contributed by atoms with Crippen LogP contribution in [0.3, 0.4) is 0 Å². The van der Waals surface area contributed by atoms with Crippen molar-refractivity contribution in [1.29, 1.82) is 5.41 Å². The summed E-state index contributed by atoms with van der Waals surface area (Å²) in [5.74, 6) is -1.58. The van der Waals surface area contributed by atoms with E-state index in [4.69, 9.17) is 25.4 Å². The predicted molar refractivity (Wildman–Crippen MR) is 125 cm³/mol. The van der Waals surface area contributed by atoms with E-state index in [-0.39, 0.29) is 60.8 Å². The van der Waals surface area contributed by atoms with Crippen LogP contribution in [0.5, 0.6) is 5.75 Å². The van der Waals surface area contributed by atoms with Crippen molar-refractivity contribution in [2.45, 2.75) is 19.4 Å². The van der Waals surface area contributed by atoms with Crippen LogP contribution in [-0.2, 0) is 16.1 Å².